The van der Waals surface area contributed by atoms with E-state index in [9.17, 15) is 8.42 Å². The third-order valence-corrected chi connectivity index (χ3v) is 5.82. The van der Waals surface area contributed by atoms with Gasteiger partial charge in [0.2, 0.25) is 0 Å². The highest BCUT2D eigenvalue weighted by molar-refractivity contribution is 7.91. The summed E-state index contributed by atoms with van der Waals surface area (Å²) in [7, 11) is -3.24. The first-order valence-electron chi connectivity index (χ1n) is 7.66. The molecule has 5 heteroatoms. The van der Waals surface area contributed by atoms with Gasteiger partial charge in [-0.2, -0.15) is 0 Å². The number of halogens is 1. The van der Waals surface area contributed by atoms with Crippen LogP contribution in [0.25, 0.3) is 0 Å². The second-order valence-electron chi connectivity index (χ2n) is 5.14. The molecule has 0 aliphatic rings. The fraction of sp³-hybridized carbons (Fsp3) is 0.625. The number of hydrogen-bond donors (Lipinski definition) is 0. The Bertz CT molecular complexity index is 527. The molecule has 1 rings (SSSR count). The van der Waals surface area contributed by atoms with Crippen molar-refractivity contribution in [2.24, 2.45) is 0 Å². The lowest BCUT2D eigenvalue weighted by Crippen LogP contribution is -2.37. The molecule has 0 radical (unpaired) electrons. The zero-order valence-corrected chi connectivity index (χ0v) is 14.8. The van der Waals surface area contributed by atoms with Gasteiger partial charge in [0.1, 0.15) is 0 Å². The van der Waals surface area contributed by atoms with Gasteiger partial charge in [0.25, 0.3) is 0 Å². The molecule has 0 aromatic heterocycles. The Hall–Kier alpha value is -0.740. The number of benzene rings is 1. The van der Waals surface area contributed by atoms with Crippen LogP contribution < -0.4 is 4.90 Å². The first kappa shape index (κ1) is 18.3. The first-order chi connectivity index (χ1) is 10.0. The topological polar surface area (TPSA) is 37.4 Å². The monoisotopic (exact) mass is 331 g/mol. The maximum absolute atomic E-state index is 12.5. The van der Waals surface area contributed by atoms with E-state index in [0.717, 1.165) is 18.5 Å². The van der Waals surface area contributed by atoms with E-state index in [-0.39, 0.29) is 5.75 Å². The maximum Gasteiger partial charge on any atom is 0.180 e. The lowest BCUT2D eigenvalue weighted by atomic mass is 10.1. The van der Waals surface area contributed by atoms with E-state index in [2.05, 4.69) is 18.7 Å². The molecule has 0 saturated carbocycles. The van der Waals surface area contributed by atoms with Gasteiger partial charge in [-0.3, -0.25) is 0 Å². The van der Waals surface area contributed by atoms with Crippen LogP contribution in [0.5, 0.6) is 0 Å². The molecule has 0 N–H and O–H groups in total. The summed E-state index contributed by atoms with van der Waals surface area (Å²) in [5.74, 6) is 0.667. The molecule has 120 valence electrons. The van der Waals surface area contributed by atoms with Gasteiger partial charge in [-0.05, 0) is 31.4 Å². The third kappa shape index (κ3) is 4.62. The van der Waals surface area contributed by atoms with Crippen molar-refractivity contribution in [3.63, 3.8) is 0 Å². The quantitative estimate of drug-likeness (QED) is 0.639. The number of nitrogens with zero attached hydrogens (tertiary/aromatic N) is 1. The van der Waals surface area contributed by atoms with Crippen LogP contribution in [0.15, 0.2) is 29.2 Å². The van der Waals surface area contributed by atoms with Gasteiger partial charge in [-0.1, -0.05) is 32.9 Å². The van der Waals surface area contributed by atoms with Crippen molar-refractivity contribution < 1.29 is 8.42 Å². The first-order valence-corrected chi connectivity index (χ1v) is 9.84. The Morgan fingerprint density at radius 1 is 1.14 bits per heavy atom. The van der Waals surface area contributed by atoms with Crippen LogP contribution >= 0.6 is 11.6 Å². The van der Waals surface area contributed by atoms with Crippen molar-refractivity contribution >= 4 is 27.1 Å². The molecule has 0 fully saturated rings. The van der Waals surface area contributed by atoms with Gasteiger partial charge in [0.05, 0.1) is 16.3 Å². The largest absolute Gasteiger partial charge is 0.366 e. The number of alkyl halides is 1. The maximum atomic E-state index is 12.5. The van der Waals surface area contributed by atoms with Gasteiger partial charge < -0.3 is 4.90 Å². The molecule has 21 heavy (non-hydrogen) atoms. The molecule has 0 bridgehead atoms. The lowest BCUT2D eigenvalue weighted by Gasteiger charge is -2.33. The van der Waals surface area contributed by atoms with E-state index in [1.54, 1.807) is 12.1 Å². The van der Waals surface area contributed by atoms with Crippen molar-refractivity contribution in [3.8, 4) is 0 Å². The fourth-order valence-corrected chi connectivity index (χ4v) is 4.39. The number of hydrogen-bond acceptors (Lipinski definition) is 3. The summed E-state index contributed by atoms with van der Waals surface area (Å²) in [4.78, 5) is 2.58. The van der Waals surface area contributed by atoms with Crippen LogP contribution in [0.2, 0.25) is 0 Å². The van der Waals surface area contributed by atoms with Crippen molar-refractivity contribution in [2.75, 3.05) is 23.1 Å². The van der Waals surface area contributed by atoms with Gasteiger partial charge in [0.15, 0.2) is 9.84 Å². The van der Waals surface area contributed by atoms with Crippen molar-refractivity contribution in [1.29, 1.82) is 0 Å². The predicted octanol–water partition coefficient (Wildman–Crippen LogP) is 4.10. The number of sulfone groups is 1. The van der Waals surface area contributed by atoms with Gasteiger partial charge >= 0.3 is 0 Å². The molecule has 0 spiro atoms. The van der Waals surface area contributed by atoms with E-state index in [1.165, 1.54) is 0 Å². The molecular formula is C16H26ClNO2S. The fourth-order valence-electron chi connectivity index (χ4n) is 2.66. The highest BCUT2D eigenvalue weighted by atomic mass is 35.5. The normalized spacial score (nSPS) is 11.9. The molecule has 0 unspecified atom stereocenters. The Morgan fingerprint density at radius 3 is 2.29 bits per heavy atom. The van der Waals surface area contributed by atoms with Gasteiger partial charge in [0, 0.05) is 18.5 Å². The smallest absolute Gasteiger partial charge is 0.180 e. The molecule has 0 amide bonds. The predicted molar refractivity (Wildman–Crippen MR) is 91.2 cm³/mol. The van der Waals surface area contributed by atoms with Crippen molar-refractivity contribution in [1.82, 2.24) is 0 Å². The van der Waals surface area contributed by atoms with E-state index < -0.39 is 9.84 Å². The summed E-state index contributed by atoms with van der Waals surface area (Å²) in [5.41, 5.74) is 0.792. The molecule has 0 aliphatic carbocycles. The van der Waals surface area contributed by atoms with Crippen LogP contribution in [0, 0.1) is 0 Å². The molecule has 0 heterocycles. The Labute approximate surface area is 134 Å². The number of para-hydroxylation sites is 1. The van der Waals surface area contributed by atoms with Gasteiger partial charge in [-0.15, -0.1) is 11.6 Å². The molecule has 1 aromatic rings. The Balaban J connectivity index is 3.32. The third-order valence-electron chi connectivity index (χ3n) is 3.69. The highest BCUT2D eigenvalue weighted by Crippen LogP contribution is 2.29. The van der Waals surface area contributed by atoms with E-state index in [0.29, 0.717) is 29.8 Å². The van der Waals surface area contributed by atoms with Crippen LogP contribution in [0.1, 0.15) is 40.0 Å². The molecule has 1 aromatic carbocycles. The second kappa shape index (κ2) is 8.64. The zero-order valence-electron chi connectivity index (χ0n) is 13.2. The molecular weight excluding hydrogens is 306 g/mol. The molecule has 3 nitrogen and oxygen atoms in total. The summed E-state index contributed by atoms with van der Waals surface area (Å²) in [6.45, 7) is 6.79. The van der Waals surface area contributed by atoms with Crippen molar-refractivity contribution in [3.05, 3.63) is 24.3 Å². The average Bonchev–Trinajstić information content (AvgIpc) is 2.47. The van der Waals surface area contributed by atoms with Crippen LogP contribution in [-0.2, 0) is 9.84 Å². The summed E-state index contributed by atoms with van der Waals surface area (Å²) >= 11 is 5.94. The minimum absolute atomic E-state index is 0.182. The minimum atomic E-state index is -3.24. The van der Waals surface area contributed by atoms with Crippen molar-refractivity contribution in [2.45, 2.75) is 51.0 Å². The molecule has 0 aliphatic heterocycles. The zero-order chi connectivity index (χ0) is 15.9. The summed E-state index contributed by atoms with van der Waals surface area (Å²) in [6.07, 6.45) is 2.56. The SMILES string of the molecule is CCCS(=O)(=O)c1ccccc1N(CCCl)C(CC)CC. The molecule has 0 saturated heterocycles. The summed E-state index contributed by atoms with van der Waals surface area (Å²) in [6, 6.07) is 7.60. The minimum Gasteiger partial charge on any atom is -0.366 e. The number of rotatable bonds is 9. The molecule has 0 atom stereocenters. The van der Waals surface area contributed by atoms with E-state index in [4.69, 9.17) is 11.6 Å². The summed E-state index contributed by atoms with van der Waals surface area (Å²) < 4.78 is 25.0. The lowest BCUT2D eigenvalue weighted by molar-refractivity contribution is 0.561. The van der Waals surface area contributed by atoms with E-state index in [1.807, 2.05) is 19.1 Å². The van der Waals surface area contributed by atoms with E-state index >= 15 is 0 Å². The second-order valence-corrected chi connectivity index (χ2v) is 7.59. The Morgan fingerprint density at radius 2 is 1.76 bits per heavy atom. The van der Waals surface area contributed by atoms with Crippen LogP contribution in [-0.4, -0.2) is 32.6 Å². The Kier molecular flexibility index (Phi) is 7.53. The van der Waals surface area contributed by atoms with Crippen LogP contribution in [0.4, 0.5) is 5.69 Å². The van der Waals surface area contributed by atoms with Crippen LogP contribution in [0.3, 0.4) is 0 Å². The summed E-state index contributed by atoms with van der Waals surface area (Å²) in [5, 5.41) is 0. The average molecular weight is 332 g/mol. The number of anilines is 1. The highest BCUT2D eigenvalue weighted by Gasteiger charge is 2.23. The standard InChI is InChI=1S/C16H26ClNO2S/c1-4-13-21(19,20)16-10-8-7-9-15(16)18(12-11-17)14(5-2)6-3/h7-10,14H,4-6,11-13H2,1-3H3. The van der Waals surface area contributed by atoms with Gasteiger partial charge in [-0.25, -0.2) is 8.42 Å².